The number of piperidine rings is 1. The van der Waals surface area contributed by atoms with E-state index in [1.165, 1.54) is 0 Å². The smallest absolute Gasteiger partial charge is 0.237 e. The van der Waals surface area contributed by atoms with Gasteiger partial charge in [0.2, 0.25) is 5.91 Å². The lowest BCUT2D eigenvalue weighted by Crippen LogP contribution is -2.43. The van der Waals surface area contributed by atoms with Crippen LogP contribution in [0, 0.1) is 6.92 Å². The highest BCUT2D eigenvalue weighted by atomic mass is 16.2. The van der Waals surface area contributed by atoms with Gasteiger partial charge >= 0.3 is 0 Å². The van der Waals surface area contributed by atoms with Crippen molar-refractivity contribution in [2.24, 2.45) is 0 Å². The highest BCUT2D eigenvalue weighted by Crippen LogP contribution is 2.30. The second kappa shape index (κ2) is 7.98. The lowest BCUT2D eigenvalue weighted by Gasteiger charge is -2.35. The number of aromatic nitrogens is 4. The van der Waals surface area contributed by atoms with Crippen LogP contribution in [0.2, 0.25) is 0 Å². The first-order chi connectivity index (χ1) is 12.2. The van der Waals surface area contributed by atoms with E-state index < -0.39 is 0 Å². The number of likely N-dealkylation sites (N-methyl/N-ethyl adjacent to an activating group) is 1. The van der Waals surface area contributed by atoms with Crippen molar-refractivity contribution in [1.29, 1.82) is 0 Å². The van der Waals surface area contributed by atoms with Crippen molar-refractivity contribution in [2.75, 3.05) is 25.5 Å². The maximum Gasteiger partial charge on any atom is 0.237 e. The number of nitrogens with one attached hydrogen (secondary N) is 2. The van der Waals surface area contributed by atoms with Crippen molar-refractivity contribution in [2.45, 2.75) is 32.2 Å². The first-order valence-electron chi connectivity index (χ1n) is 8.50. The Hall–Kier alpha value is -2.61. The number of nitrogens with zero attached hydrogens (tertiary/aromatic N) is 5. The first-order valence-corrected chi connectivity index (χ1v) is 8.50. The summed E-state index contributed by atoms with van der Waals surface area (Å²) < 4.78 is 0. The van der Waals surface area contributed by atoms with Crippen molar-refractivity contribution >= 4 is 17.5 Å². The Morgan fingerprint density at radius 2 is 2.16 bits per heavy atom. The topological polar surface area (TPSA) is 95.9 Å². The van der Waals surface area contributed by atoms with Gasteiger partial charge in [-0.1, -0.05) is 0 Å². The molecule has 0 aromatic carbocycles. The Morgan fingerprint density at radius 3 is 2.92 bits per heavy atom. The van der Waals surface area contributed by atoms with E-state index in [1.54, 1.807) is 25.6 Å². The third kappa shape index (κ3) is 4.27. The molecule has 1 fully saturated rings. The van der Waals surface area contributed by atoms with Crippen LogP contribution in [-0.2, 0) is 4.79 Å². The minimum atomic E-state index is -0.0862. The molecule has 8 nitrogen and oxygen atoms in total. The Bertz CT molecular complexity index is 722. The zero-order valence-electron chi connectivity index (χ0n) is 14.6. The molecule has 8 heteroatoms. The summed E-state index contributed by atoms with van der Waals surface area (Å²) in [6.07, 6.45) is 7.84. The second-order valence-electron chi connectivity index (χ2n) is 6.10. The van der Waals surface area contributed by atoms with Crippen LogP contribution < -0.4 is 10.6 Å². The lowest BCUT2D eigenvalue weighted by atomic mass is 10.0. The summed E-state index contributed by atoms with van der Waals surface area (Å²) in [7, 11) is 1.78. The maximum absolute atomic E-state index is 12.4. The van der Waals surface area contributed by atoms with Crippen LogP contribution in [0.25, 0.3) is 0 Å². The van der Waals surface area contributed by atoms with Gasteiger partial charge in [0.25, 0.3) is 0 Å². The van der Waals surface area contributed by atoms with Crippen molar-refractivity contribution < 1.29 is 4.79 Å². The van der Waals surface area contributed by atoms with Crippen LogP contribution >= 0.6 is 0 Å². The highest BCUT2D eigenvalue weighted by Gasteiger charge is 2.29. The van der Waals surface area contributed by atoms with Gasteiger partial charge in [0, 0.05) is 30.7 Å². The van der Waals surface area contributed by atoms with Crippen molar-refractivity contribution in [3.8, 4) is 0 Å². The van der Waals surface area contributed by atoms with Gasteiger partial charge < -0.3 is 15.5 Å². The van der Waals surface area contributed by atoms with Crippen LogP contribution in [-0.4, -0.2) is 50.9 Å². The fourth-order valence-electron chi connectivity index (χ4n) is 3.05. The summed E-state index contributed by atoms with van der Waals surface area (Å²) in [5.74, 6) is 2.05. The first kappa shape index (κ1) is 17.2. The van der Waals surface area contributed by atoms with E-state index in [1.807, 2.05) is 17.9 Å². The van der Waals surface area contributed by atoms with Crippen LogP contribution in [0.5, 0.6) is 0 Å². The number of carbonyl (C=O) groups excluding carboxylic acids is 1. The van der Waals surface area contributed by atoms with Gasteiger partial charge in [0.05, 0.1) is 18.8 Å². The molecule has 0 aliphatic carbocycles. The SMILES string of the molecule is CNCC(=O)N1CCCC[C@@H]1c1nc(C)cc(Nc2cnccn2)n1. The molecule has 0 radical (unpaired) electrons. The Labute approximate surface area is 147 Å². The summed E-state index contributed by atoms with van der Waals surface area (Å²) >= 11 is 0. The average Bonchev–Trinajstić information content (AvgIpc) is 2.62. The summed E-state index contributed by atoms with van der Waals surface area (Å²) in [6.45, 7) is 3.00. The number of hydrogen-bond donors (Lipinski definition) is 2. The van der Waals surface area contributed by atoms with E-state index in [-0.39, 0.29) is 11.9 Å². The fraction of sp³-hybridized carbons (Fsp3) is 0.471. The Kier molecular flexibility index (Phi) is 5.49. The number of carbonyl (C=O) groups is 1. The molecular formula is C17H23N7O. The summed E-state index contributed by atoms with van der Waals surface area (Å²) in [5, 5.41) is 6.09. The molecule has 132 valence electrons. The monoisotopic (exact) mass is 341 g/mol. The van der Waals surface area contributed by atoms with E-state index in [0.717, 1.165) is 31.5 Å². The minimum Gasteiger partial charge on any atom is -0.331 e. The number of amides is 1. The van der Waals surface area contributed by atoms with Crippen LogP contribution in [0.4, 0.5) is 11.6 Å². The second-order valence-corrected chi connectivity index (χ2v) is 6.10. The molecule has 2 aromatic heterocycles. The zero-order chi connectivity index (χ0) is 17.6. The molecule has 1 saturated heterocycles. The van der Waals surface area contributed by atoms with Gasteiger partial charge in [0.15, 0.2) is 5.82 Å². The van der Waals surface area contributed by atoms with Gasteiger partial charge in [0.1, 0.15) is 11.6 Å². The number of anilines is 2. The van der Waals surface area contributed by atoms with Gasteiger partial charge in [-0.2, -0.15) is 0 Å². The van der Waals surface area contributed by atoms with Crippen LogP contribution in [0.3, 0.4) is 0 Å². The molecule has 3 heterocycles. The molecule has 1 atom stereocenters. The van der Waals surface area contributed by atoms with Crippen molar-refractivity contribution in [1.82, 2.24) is 30.2 Å². The van der Waals surface area contributed by atoms with E-state index in [4.69, 9.17) is 0 Å². The molecule has 0 spiro atoms. The maximum atomic E-state index is 12.4. The minimum absolute atomic E-state index is 0.0840. The lowest BCUT2D eigenvalue weighted by molar-refractivity contribution is -0.134. The van der Waals surface area contributed by atoms with Gasteiger partial charge in [-0.3, -0.25) is 9.78 Å². The van der Waals surface area contributed by atoms with Crippen molar-refractivity contribution in [3.63, 3.8) is 0 Å². The van der Waals surface area contributed by atoms with Gasteiger partial charge in [-0.25, -0.2) is 15.0 Å². The highest BCUT2D eigenvalue weighted by molar-refractivity contribution is 5.78. The third-order valence-electron chi connectivity index (χ3n) is 4.14. The quantitative estimate of drug-likeness (QED) is 0.852. The number of rotatable bonds is 5. The molecular weight excluding hydrogens is 318 g/mol. The Morgan fingerprint density at radius 1 is 1.28 bits per heavy atom. The van der Waals surface area contributed by atoms with E-state index in [9.17, 15) is 4.79 Å². The van der Waals surface area contributed by atoms with Gasteiger partial charge in [-0.05, 0) is 33.2 Å². The molecule has 0 saturated carbocycles. The van der Waals surface area contributed by atoms with E-state index >= 15 is 0 Å². The van der Waals surface area contributed by atoms with Crippen LogP contribution in [0.1, 0.15) is 36.8 Å². The number of likely N-dealkylation sites (tertiary alicyclic amines) is 1. The molecule has 1 aliphatic heterocycles. The molecule has 0 bridgehead atoms. The average molecular weight is 341 g/mol. The molecule has 1 amide bonds. The molecule has 0 unspecified atom stereocenters. The zero-order valence-corrected chi connectivity index (χ0v) is 14.6. The van der Waals surface area contributed by atoms with Gasteiger partial charge in [-0.15, -0.1) is 0 Å². The largest absolute Gasteiger partial charge is 0.331 e. The summed E-state index contributed by atoms with van der Waals surface area (Å²) in [6, 6.07) is 1.78. The molecule has 2 aromatic rings. The van der Waals surface area contributed by atoms with Crippen molar-refractivity contribution in [3.05, 3.63) is 36.2 Å². The van der Waals surface area contributed by atoms with E-state index in [0.29, 0.717) is 24.0 Å². The third-order valence-corrected chi connectivity index (χ3v) is 4.14. The number of hydrogen-bond acceptors (Lipinski definition) is 7. The fourth-order valence-corrected chi connectivity index (χ4v) is 3.05. The van der Waals surface area contributed by atoms with Crippen LogP contribution in [0.15, 0.2) is 24.7 Å². The predicted octanol–water partition coefficient (Wildman–Crippen LogP) is 1.59. The standard InChI is InChI=1S/C17H23N7O/c1-12-9-14(22-15-10-19-6-7-20-15)23-17(21-12)13-5-3-4-8-24(13)16(25)11-18-2/h6-7,9-10,13,18H,3-5,8,11H2,1-2H3,(H,20,21,22,23)/t13-/m1/s1. The molecule has 3 rings (SSSR count). The van der Waals surface area contributed by atoms with E-state index in [2.05, 4.69) is 30.6 Å². The summed E-state index contributed by atoms with van der Waals surface area (Å²) in [4.78, 5) is 31.8. The Balaban J connectivity index is 1.86. The predicted molar refractivity (Wildman–Crippen MR) is 94.3 cm³/mol. The summed E-state index contributed by atoms with van der Waals surface area (Å²) in [5.41, 5.74) is 0.850. The normalized spacial score (nSPS) is 17.4. The molecule has 1 aliphatic rings. The molecule has 2 N–H and O–H groups in total. The molecule has 25 heavy (non-hydrogen) atoms. The number of aryl methyl sites for hydroxylation is 1.